The summed E-state index contributed by atoms with van der Waals surface area (Å²) in [6.45, 7) is 2.00. The van der Waals surface area contributed by atoms with Crippen molar-refractivity contribution in [3.05, 3.63) is 0 Å². The third kappa shape index (κ3) is 1.78. The minimum Gasteiger partial charge on any atom is -0.390 e. The molecule has 1 rings (SSSR count). The van der Waals surface area contributed by atoms with Crippen LogP contribution in [0.25, 0.3) is 0 Å². The molecule has 3 heteroatoms. The Hall–Kier alpha value is 0.650. The molecule has 1 aliphatic rings. The summed E-state index contributed by atoms with van der Waals surface area (Å²) in [5.74, 6) is 0. The number of ether oxygens (including phenoxy) is 1. The first-order chi connectivity index (χ1) is 4.24. The maximum Gasteiger partial charge on any atom is 0.0927 e. The fourth-order valence-corrected chi connectivity index (χ4v) is 1.87. The molecule has 1 heterocycles. The number of hydrogen-bond donors (Lipinski definition) is 1. The van der Waals surface area contributed by atoms with E-state index < -0.39 is 0 Å². The molecule has 0 aromatic heterocycles. The molecule has 1 fully saturated rings. The third-order valence-corrected chi connectivity index (χ3v) is 2.43. The van der Waals surface area contributed by atoms with Crippen molar-refractivity contribution in [3.63, 3.8) is 0 Å². The third-order valence-electron chi connectivity index (χ3n) is 1.56. The number of alkyl halides is 1. The number of aliphatic hydroxyl groups is 1. The lowest BCUT2D eigenvalue weighted by atomic mass is 10.2. The van der Waals surface area contributed by atoms with Crippen LogP contribution in [0.15, 0.2) is 0 Å². The number of aliphatic hydroxyl groups excluding tert-OH is 1. The van der Waals surface area contributed by atoms with Crippen molar-refractivity contribution in [1.29, 1.82) is 0 Å². The first kappa shape index (κ1) is 7.75. The van der Waals surface area contributed by atoms with Gasteiger partial charge in [0.05, 0.1) is 18.3 Å². The van der Waals surface area contributed by atoms with Crippen LogP contribution in [-0.2, 0) is 4.74 Å². The van der Waals surface area contributed by atoms with Crippen LogP contribution < -0.4 is 0 Å². The van der Waals surface area contributed by atoms with Gasteiger partial charge in [-0.05, 0) is 6.92 Å². The van der Waals surface area contributed by atoms with E-state index in [4.69, 9.17) is 4.74 Å². The van der Waals surface area contributed by atoms with E-state index in [0.717, 1.165) is 10.8 Å². The van der Waals surface area contributed by atoms with Crippen LogP contribution in [0.2, 0.25) is 0 Å². The van der Waals surface area contributed by atoms with Gasteiger partial charge in [-0.3, -0.25) is 0 Å². The summed E-state index contributed by atoms with van der Waals surface area (Å²) in [6, 6.07) is 0. The molecule has 9 heavy (non-hydrogen) atoms. The Morgan fingerprint density at radius 2 is 2.44 bits per heavy atom. The van der Waals surface area contributed by atoms with Crippen LogP contribution in [0, 0.1) is 0 Å². The van der Waals surface area contributed by atoms with Crippen molar-refractivity contribution < 1.29 is 9.84 Å². The van der Waals surface area contributed by atoms with Gasteiger partial charge in [-0.15, -0.1) is 0 Å². The first-order valence-corrected chi connectivity index (χ1v) is 4.66. The van der Waals surface area contributed by atoms with Gasteiger partial charge in [0.15, 0.2) is 0 Å². The van der Waals surface area contributed by atoms with Gasteiger partial charge in [0.25, 0.3) is 0 Å². The summed E-state index contributed by atoms with van der Waals surface area (Å²) < 4.78 is 6.26. The van der Waals surface area contributed by atoms with Crippen LogP contribution >= 0.6 is 22.6 Å². The Balaban J connectivity index is 2.38. The van der Waals surface area contributed by atoms with E-state index in [2.05, 4.69) is 22.6 Å². The van der Waals surface area contributed by atoms with Gasteiger partial charge in [-0.25, -0.2) is 0 Å². The Bertz CT molecular complexity index is 97.1. The summed E-state index contributed by atoms with van der Waals surface area (Å²) in [5.41, 5.74) is 0. The molecule has 2 nitrogen and oxygen atoms in total. The van der Waals surface area contributed by atoms with E-state index in [-0.39, 0.29) is 18.3 Å². The van der Waals surface area contributed by atoms with E-state index in [1.54, 1.807) is 0 Å². The van der Waals surface area contributed by atoms with Crippen molar-refractivity contribution in [1.82, 2.24) is 0 Å². The minimum absolute atomic E-state index is 0.0839. The van der Waals surface area contributed by atoms with Gasteiger partial charge in [-0.1, -0.05) is 22.6 Å². The standard InChI is InChI=1S/C6H11IO2/c1-4-2-5(8)6(3-7)9-4/h4-6,8H,2-3H2,1H3. The number of halogens is 1. The van der Waals surface area contributed by atoms with Crippen molar-refractivity contribution in [2.45, 2.75) is 31.7 Å². The van der Waals surface area contributed by atoms with E-state index in [9.17, 15) is 5.11 Å². The molecule has 0 saturated carbocycles. The molecule has 54 valence electrons. The summed E-state index contributed by atoms with van der Waals surface area (Å²) in [7, 11) is 0. The average Bonchev–Trinajstić information content (AvgIpc) is 2.10. The SMILES string of the molecule is CC1CC(O)C(CI)O1. The molecular formula is C6H11IO2. The molecule has 0 aromatic carbocycles. The summed E-state index contributed by atoms with van der Waals surface area (Å²) in [4.78, 5) is 0. The molecule has 1 N–H and O–H groups in total. The second-order valence-corrected chi connectivity index (χ2v) is 3.32. The first-order valence-electron chi connectivity index (χ1n) is 3.13. The van der Waals surface area contributed by atoms with E-state index >= 15 is 0 Å². The van der Waals surface area contributed by atoms with Crippen LogP contribution in [0.3, 0.4) is 0 Å². The highest BCUT2D eigenvalue weighted by Crippen LogP contribution is 2.20. The zero-order chi connectivity index (χ0) is 6.85. The minimum atomic E-state index is -0.225. The monoisotopic (exact) mass is 242 g/mol. The second-order valence-electron chi connectivity index (χ2n) is 2.44. The molecule has 0 aromatic rings. The Morgan fingerprint density at radius 1 is 1.78 bits per heavy atom. The molecule has 0 radical (unpaired) electrons. The van der Waals surface area contributed by atoms with E-state index in [1.807, 2.05) is 6.92 Å². The average molecular weight is 242 g/mol. The maximum atomic E-state index is 9.23. The highest BCUT2D eigenvalue weighted by molar-refractivity contribution is 14.1. The van der Waals surface area contributed by atoms with Gasteiger partial charge in [0, 0.05) is 10.8 Å². The predicted molar refractivity (Wildman–Crippen MR) is 43.8 cm³/mol. The molecule has 3 atom stereocenters. The Labute approximate surface area is 68.7 Å². The Kier molecular flexibility index (Phi) is 2.73. The molecule has 0 aliphatic carbocycles. The van der Waals surface area contributed by atoms with Crippen LogP contribution in [-0.4, -0.2) is 27.8 Å². The maximum absolute atomic E-state index is 9.23. The van der Waals surface area contributed by atoms with Crippen molar-refractivity contribution in [2.75, 3.05) is 4.43 Å². The highest BCUT2D eigenvalue weighted by Gasteiger charge is 2.29. The zero-order valence-corrected chi connectivity index (χ0v) is 7.54. The van der Waals surface area contributed by atoms with Gasteiger partial charge in [0.1, 0.15) is 0 Å². The lowest BCUT2D eigenvalue weighted by Gasteiger charge is -2.08. The lowest BCUT2D eigenvalue weighted by molar-refractivity contribution is 0.0335. The fourth-order valence-electron chi connectivity index (χ4n) is 1.08. The summed E-state index contributed by atoms with van der Waals surface area (Å²) in [5, 5.41) is 9.23. The van der Waals surface area contributed by atoms with Crippen LogP contribution in [0.1, 0.15) is 13.3 Å². The summed E-state index contributed by atoms with van der Waals surface area (Å²) >= 11 is 2.23. The summed E-state index contributed by atoms with van der Waals surface area (Å²) in [6.07, 6.45) is 0.908. The molecule has 3 unspecified atom stereocenters. The smallest absolute Gasteiger partial charge is 0.0927 e. The normalized spacial score (nSPS) is 43.7. The predicted octanol–water partition coefficient (Wildman–Crippen LogP) is 0.960. The lowest BCUT2D eigenvalue weighted by Crippen LogP contribution is -2.21. The van der Waals surface area contributed by atoms with Gasteiger partial charge in [-0.2, -0.15) is 0 Å². The molecule has 0 amide bonds. The molecule has 1 aliphatic heterocycles. The van der Waals surface area contributed by atoms with Crippen molar-refractivity contribution >= 4 is 22.6 Å². The van der Waals surface area contributed by atoms with Gasteiger partial charge >= 0.3 is 0 Å². The zero-order valence-electron chi connectivity index (χ0n) is 5.38. The highest BCUT2D eigenvalue weighted by atomic mass is 127. The molecule has 1 saturated heterocycles. The van der Waals surface area contributed by atoms with Crippen molar-refractivity contribution in [2.24, 2.45) is 0 Å². The van der Waals surface area contributed by atoms with Gasteiger partial charge < -0.3 is 9.84 Å². The quantitative estimate of drug-likeness (QED) is 0.548. The topological polar surface area (TPSA) is 29.5 Å². The molecule has 0 spiro atoms. The largest absolute Gasteiger partial charge is 0.390 e. The van der Waals surface area contributed by atoms with Crippen LogP contribution in [0.4, 0.5) is 0 Å². The molecular weight excluding hydrogens is 231 g/mol. The van der Waals surface area contributed by atoms with E-state index in [0.29, 0.717) is 0 Å². The van der Waals surface area contributed by atoms with E-state index in [1.165, 1.54) is 0 Å². The second kappa shape index (κ2) is 3.16. The van der Waals surface area contributed by atoms with Crippen molar-refractivity contribution in [3.8, 4) is 0 Å². The fraction of sp³-hybridized carbons (Fsp3) is 1.00. The number of hydrogen-bond acceptors (Lipinski definition) is 2. The van der Waals surface area contributed by atoms with Gasteiger partial charge in [0.2, 0.25) is 0 Å². The number of rotatable bonds is 1. The Morgan fingerprint density at radius 3 is 2.67 bits per heavy atom. The van der Waals surface area contributed by atoms with Crippen LogP contribution in [0.5, 0.6) is 0 Å². The molecule has 0 bridgehead atoms.